The molecular weight excluding hydrogens is 442 g/mol. The summed E-state index contributed by atoms with van der Waals surface area (Å²) in [5.74, 6) is -0.644. The Hall–Kier alpha value is -3.89. The van der Waals surface area contributed by atoms with Crippen molar-refractivity contribution in [2.45, 2.75) is 19.1 Å². The van der Waals surface area contributed by atoms with Crippen LogP contribution in [0.2, 0.25) is 0 Å². The number of carbonyl (C=O) groups is 1. The first-order valence-electron chi connectivity index (χ1n) is 9.90. The Bertz CT molecular complexity index is 1450. The maximum Gasteiger partial charge on any atom is 0.416 e. The van der Waals surface area contributed by atoms with Gasteiger partial charge in [0.15, 0.2) is 0 Å². The summed E-state index contributed by atoms with van der Waals surface area (Å²) in [6, 6.07) is 4.94. The van der Waals surface area contributed by atoms with Gasteiger partial charge in [-0.15, -0.1) is 0 Å². The minimum absolute atomic E-state index is 0.0446. The predicted octanol–water partition coefficient (Wildman–Crippen LogP) is 4.14. The summed E-state index contributed by atoms with van der Waals surface area (Å²) in [5.41, 5.74) is 6.53. The molecule has 0 fully saturated rings. The van der Waals surface area contributed by atoms with E-state index in [1.165, 1.54) is 30.3 Å². The molecule has 0 spiro atoms. The molecule has 11 heteroatoms. The smallest absolute Gasteiger partial charge is 0.416 e. The van der Waals surface area contributed by atoms with Gasteiger partial charge < -0.3 is 15.4 Å². The van der Waals surface area contributed by atoms with E-state index >= 15 is 0 Å². The number of benzene rings is 2. The lowest BCUT2D eigenvalue weighted by Gasteiger charge is -2.24. The van der Waals surface area contributed by atoms with Gasteiger partial charge in [-0.05, 0) is 25.1 Å². The molecule has 0 saturated heterocycles. The molecule has 170 valence electrons. The zero-order chi connectivity index (χ0) is 23.7. The van der Waals surface area contributed by atoms with E-state index in [2.05, 4.69) is 9.97 Å². The van der Waals surface area contributed by atoms with E-state index in [1.54, 1.807) is 11.3 Å². The number of hydrogen-bond donors (Lipinski definition) is 1. The van der Waals surface area contributed by atoms with Gasteiger partial charge >= 0.3 is 6.18 Å². The highest BCUT2D eigenvalue weighted by Gasteiger charge is 2.36. The maximum absolute atomic E-state index is 14.9. The number of alkyl halides is 3. The lowest BCUT2D eigenvalue weighted by molar-refractivity contribution is -0.137. The summed E-state index contributed by atoms with van der Waals surface area (Å²) >= 11 is 0. The molecule has 33 heavy (non-hydrogen) atoms. The summed E-state index contributed by atoms with van der Waals surface area (Å²) in [5, 5.41) is 0. The number of rotatable bonds is 2. The Morgan fingerprint density at radius 3 is 2.73 bits per heavy atom. The first-order chi connectivity index (χ1) is 15.6. The predicted molar refractivity (Wildman–Crippen MR) is 111 cm³/mol. The molecule has 0 unspecified atom stereocenters. The summed E-state index contributed by atoms with van der Waals surface area (Å²) in [4.78, 5) is 22.9. The molecule has 4 aromatic rings. The molecule has 2 N–H and O–H groups in total. The fourth-order valence-electron chi connectivity index (χ4n) is 4.12. The summed E-state index contributed by atoms with van der Waals surface area (Å²) in [7, 11) is 1.45. The number of amides is 1. The normalized spacial score (nSPS) is 15.6. The van der Waals surface area contributed by atoms with E-state index in [4.69, 9.17) is 10.5 Å². The monoisotopic (exact) mass is 459 g/mol. The highest BCUT2D eigenvalue weighted by atomic mass is 19.4. The molecular formula is C22H17F4N5O2. The van der Waals surface area contributed by atoms with Crippen molar-refractivity contribution in [3.8, 4) is 5.75 Å². The number of anilines is 1. The van der Waals surface area contributed by atoms with Crippen molar-refractivity contribution in [3.63, 3.8) is 0 Å². The zero-order valence-electron chi connectivity index (χ0n) is 17.4. The zero-order valence-corrected chi connectivity index (χ0v) is 17.4. The molecule has 0 saturated carbocycles. The quantitative estimate of drug-likeness (QED) is 0.456. The van der Waals surface area contributed by atoms with Crippen LogP contribution in [0.15, 0.2) is 36.5 Å². The molecule has 7 nitrogen and oxygen atoms in total. The number of fused-ring (bicyclic) bond motifs is 4. The van der Waals surface area contributed by atoms with E-state index in [-0.39, 0.29) is 29.3 Å². The second-order valence-corrected chi connectivity index (χ2v) is 7.84. The van der Waals surface area contributed by atoms with Gasteiger partial charge in [0.05, 0.1) is 34.4 Å². The lowest BCUT2D eigenvalue weighted by atomic mass is 10.0. The minimum Gasteiger partial charge on any atom is -0.491 e. The van der Waals surface area contributed by atoms with Crippen LogP contribution in [0.3, 0.4) is 0 Å². The number of hydrogen-bond acceptors (Lipinski definition) is 5. The molecule has 1 aliphatic rings. The number of imidazole rings is 1. The fraction of sp³-hybridized carbons (Fsp3) is 0.227. The molecule has 0 radical (unpaired) electrons. The maximum atomic E-state index is 14.9. The van der Waals surface area contributed by atoms with Crippen molar-refractivity contribution in [3.05, 3.63) is 64.9 Å². The van der Waals surface area contributed by atoms with Crippen LogP contribution in [0.4, 0.5) is 23.4 Å². The average molecular weight is 459 g/mol. The third-order valence-corrected chi connectivity index (χ3v) is 5.86. The third kappa shape index (κ3) is 3.22. The van der Waals surface area contributed by atoms with Gasteiger partial charge in [-0.1, -0.05) is 6.07 Å². The SMILES string of the molecule is Cc1ncc2c(N)nc3cc(F)c(C(=O)N(C)[C@@H]4COc5cc(C(F)(F)F)ccc54)cc3n12. The van der Waals surface area contributed by atoms with Crippen LogP contribution in [0.25, 0.3) is 16.6 Å². The number of likely N-dealkylation sites (N-methyl/N-ethyl adjacent to an activating group) is 1. The Labute approximate surface area is 184 Å². The number of aryl methyl sites for hydroxylation is 1. The molecule has 5 rings (SSSR count). The number of ether oxygens (including phenoxy) is 1. The summed E-state index contributed by atoms with van der Waals surface area (Å²) in [6.45, 7) is 1.70. The van der Waals surface area contributed by atoms with Crippen LogP contribution in [-0.4, -0.2) is 38.8 Å². The minimum atomic E-state index is -4.51. The largest absolute Gasteiger partial charge is 0.491 e. The first kappa shape index (κ1) is 21.0. The molecule has 1 aliphatic heterocycles. The van der Waals surface area contributed by atoms with Gasteiger partial charge in [0.25, 0.3) is 5.91 Å². The Kier molecular flexibility index (Phi) is 4.49. The van der Waals surface area contributed by atoms with E-state index in [0.717, 1.165) is 18.2 Å². The van der Waals surface area contributed by atoms with Crippen molar-refractivity contribution >= 4 is 28.3 Å². The molecule has 2 aromatic heterocycles. The lowest BCUT2D eigenvalue weighted by Crippen LogP contribution is -2.32. The van der Waals surface area contributed by atoms with Gasteiger partial charge in [0.1, 0.15) is 35.3 Å². The van der Waals surface area contributed by atoms with E-state index in [1.807, 2.05) is 0 Å². The van der Waals surface area contributed by atoms with Crippen molar-refractivity contribution in [1.29, 1.82) is 0 Å². The number of nitrogen functional groups attached to an aromatic ring is 1. The van der Waals surface area contributed by atoms with Crippen LogP contribution < -0.4 is 10.5 Å². The molecule has 3 heterocycles. The van der Waals surface area contributed by atoms with E-state index in [0.29, 0.717) is 22.4 Å². The molecule has 1 amide bonds. The van der Waals surface area contributed by atoms with Gasteiger partial charge in [0.2, 0.25) is 0 Å². The molecule has 0 bridgehead atoms. The van der Waals surface area contributed by atoms with Crippen LogP contribution in [-0.2, 0) is 6.18 Å². The number of aromatic nitrogens is 3. The standard InChI is InChI=1S/C22H17F4N5O2/c1-10-28-8-17-20(27)29-15-7-14(23)13(6-16(15)31(10)17)21(32)30(2)18-9-33-19-5-11(22(24,25)26)3-4-12(18)19/h3-8,18H,9H2,1-2H3,(H2,27,29)/t18-/m1/s1. The summed E-state index contributed by atoms with van der Waals surface area (Å²) < 4.78 is 61.0. The van der Waals surface area contributed by atoms with Crippen LogP contribution in [0, 0.1) is 12.7 Å². The highest BCUT2D eigenvalue weighted by Crippen LogP contribution is 2.40. The molecule has 1 atom stereocenters. The van der Waals surface area contributed by atoms with Crippen molar-refractivity contribution in [2.24, 2.45) is 0 Å². The van der Waals surface area contributed by atoms with E-state index < -0.39 is 29.5 Å². The summed E-state index contributed by atoms with van der Waals surface area (Å²) in [6.07, 6.45) is -2.98. The van der Waals surface area contributed by atoms with Crippen molar-refractivity contribution in [2.75, 3.05) is 19.4 Å². The second kappa shape index (κ2) is 7.06. The van der Waals surface area contributed by atoms with Crippen LogP contribution in [0.5, 0.6) is 5.75 Å². The number of nitrogens with zero attached hydrogens (tertiary/aromatic N) is 4. The molecule has 0 aliphatic carbocycles. The van der Waals surface area contributed by atoms with Crippen molar-refractivity contribution < 1.29 is 27.1 Å². The van der Waals surface area contributed by atoms with Gasteiger partial charge in [0, 0.05) is 18.7 Å². The van der Waals surface area contributed by atoms with E-state index in [9.17, 15) is 22.4 Å². The Balaban J connectivity index is 1.55. The highest BCUT2D eigenvalue weighted by molar-refractivity contribution is 5.98. The number of carbonyl (C=O) groups excluding carboxylic acids is 1. The topological polar surface area (TPSA) is 85.8 Å². The molecule has 2 aromatic carbocycles. The Morgan fingerprint density at radius 2 is 2.00 bits per heavy atom. The van der Waals surface area contributed by atoms with Gasteiger partial charge in [-0.2, -0.15) is 13.2 Å². The second-order valence-electron chi connectivity index (χ2n) is 7.84. The van der Waals surface area contributed by atoms with Gasteiger partial charge in [-0.3, -0.25) is 9.20 Å². The fourth-order valence-corrected chi connectivity index (χ4v) is 4.12. The van der Waals surface area contributed by atoms with Gasteiger partial charge in [-0.25, -0.2) is 14.4 Å². The average Bonchev–Trinajstić information content (AvgIpc) is 3.36. The number of nitrogens with two attached hydrogens (primary N) is 1. The Morgan fingerprint density at radius 1 is 1.24 bits per heavy atom. The van der Waals surface area contributed by atoms with Crippen molar-refractivity contribution in [1.82, 2.24) is 19.3 Å². The third-order valence-electron chi connectivity index (χ3n) is 5.86. The first-order valence-corrected chi connectivity index (χ1v) is 9.90. The van der Waals surface area contributed by atoms with Crippen LogP contribution >= 0.6 is 0 Å². The van der Waals surface area contributed by atoms with Crippen LogP contribution in [0.1, 0.15) is 33.4 Å². The number of halogens is 4.